The number of hydrogen-bond donors (Lipinski definition) is 1. The molecule has 0 radical (unpaired) electrons. The Bertz CT molecular complexity index is 1330. The van der Waals surface area contributed by atoms with Crippen LogP contribution in [0.5, 0.6) is 0 Å². The Hall–Kier alpha value is -3.52. The summed E-state index contributed by atoms with van der Waals surface area (Å²) in [5, 5.41) is 3.04. The van der Waals surface area contributed by atoms with Gasteiger partial charge < -0.3 is 15.1 Å². The lowest BCUT2D eigenvalue weighted by atomic mass is 10.0. The van der Waals surface area contributed by atoms with Crippen LogP contribution in [0.15, 0.2) is 54.0 Å². The van der Waals surface area contributed by atoms with Gasteiger partial charge >= 0.3 is 0 Å². The van der Waals surface area contributed by atoms with Crippen LogP contribution in [0, 0.1) is 5.92 Å². The van der Waals surface area contributed by atoms with Crippen molar-refractivity contribution in [2.75, 3.05) is 6.54 Å². The van der Waals surface area contributed by atoms with Crippen LogP contribution in [0.1, 0.15) is 60.8 Å². The van der Waals surface area contributed by atoms with Crippen LogP contribution in [-0.2, 0) is 29.1 Å². The molecule has 1 saturated heterocycles. The standard InChI is InChI=1S/C30H34N4O3S/c1-4-24-27(38-18-32-24)21-13-11-20(12-14-21)16-31-28(35)25-10-7-15-33(25)30(37)26(19(2)3)34-17-22-8-5-6-9-23(22)29(34)36/h5-6,8-9,11-14,18-19,25-26H,4,7,10,15-17H2,1-3H3,(H,31,35)/t25-,26?/m0/s1. The second-order valence-corrected chi connectivity index (χ2v) is 11.2. The molecule has 8 heteroatoms. The maximum Gasteiger partial charge on any atom is 0.255 e. The molecule has 1 fully saturated rings. The number of rotatable bonds is 8. The number of nitrogens with one attached hydrogen (secondary N) is 1. The topological polar surface area (TPSA) is 82.6 Å². The predicted molar refractivity (Wildman–Crippen MR) is 148 cm³/mol. The molecule has 0 saturated carbocycles. The third-order valence-corrected chi connectivity index (χ3v) is 8.48. The molecule has 0 aliphatic carbocycles. The summed E-state index contributed by atoms with van der Waals surface area (Å²) in [6.07, 6.45) is 2.29. The highest BCUT2D eigenvalue weighted by Gasteiger charge is 2.43. The second kappa shape index (κ2) is 11.1. The zero-order valence-electron chi connectivity index (χ0n) is 22.1. The highest BCUT2D eigenvalue weighted by Crippen LogP contribution is 2.30. The summed E-state index contributed by atoms with van der Waals surface area (Å²) < 4.78 is 0. The normalized spacial score (nSPS) is 17.7. The van der Waals surface area contributed by atoms with Crippen molar-refractivity contribution in [3.05, 3.63) is 76.4 Å². The summed E-state index contributed by atoms with van der Waals surface area (Å²) in [6.45, 7) is 7.37. The lowest BCUT2D eigenvalue weighted by molar-refractivity contribution is -0.143. The first-order valence-electron chi connectivity index (χ1n) is 13.4. The number of hydrogen-bond acceptors (Lipinski definition) is 5. The molecule has 2 aliphatic heterocycles. The maximum atomic E-state index is 13.8. The van der Waals surface area contributed by atoms with Crippen molar-refractivity contribution in [3.8, 4) is 10.4 Å². The van der Waals surface area contributed by atoms with Crippen molar-refractivity contribution in [3.63, 3.8) is 0 Å². The van der Waals surface area contributed by atoms with Crippen molar-refractivity contribution in [2.45, 2.75) is 65.2 Å². The van der Waals surface area contributed by atoms with Crippen LogP contribution in [-0.4, -0.2) is 51.1 Å². The first-order valence-corrected chi connectivity index (χ1v) is 14.3. The van der Waals surface area contributed by atoms with Gasteiger partial charge in [0.1, 0.15) is 12.1 Å². The minimum atomic E-state index is -0.601. The largest absolute Gasteiger partial charge is 0.350 e. The summed E-state index contributed by atoms with van der Waals surface area (Å²) in [5.74, 6) is -0.468. The van der Waals surface area contributed by atoms with Gasteiger partial charge in [-0.1, -0.05) is 63.2 Å². The van der Waals surface area contributed by atoms with E-state index in [0.717, 1.165) is 35.2 Å². The van der Waals surface area contributed by atoms with Crippen LogP contribution in [0.4, 0.5) is 0 Å². The number of thiazole rings is 1. The highest BCUT2D eigenvalue weighted by molar-refractivity contribution is 7.13. The lowest BCUT2D eigenvalue weighted by Crippen LogP contribution is -2.55. The van der Waals surface area contributed by atoms with Crippen molar-refractivity contribution in [2.24, 2.45) is 5.92 Å². The van der Waals surface area contributed by atoms with E-state index in [4.69, 9.17) is 0 Å². The smallest absolute Gasteiger partial charge is 0.255 e. The minimum Gasteiger partial charge on any atom is -0.350 e. The third-order valence-electron chi connectivity index (χ3n) is 7.57. The van der Waals surface area contributed by atoms with E-state index in [-0.39, 0.29) is 23.6 Å². The summed E-state index contributed by atoms with van der Waals surface area (Å²) in [4.78, 5) is 49.2. The van der Waals surface area contributed by atoms with Crippen molar-refractivity contribution >= 4 is 29.1 Å². The molecule has 7 nitrogen and oxygen atoms in total. The summed E-state index contributed by atoms with van der Waals surface area (Å²) in [7, 11) is 0. The quantitative estimate of drug-likeness (QED) is 0.459. The summed E-state index contributed by atoms with van der Waals surface area (Å²) in [5.41, 5.74) is 6.71. The number of carbonyl (C=O) groups excluding carboxylic acids is 3. The fourth-order valence-electron chi connectivity index (χ4n) is 5.59. The van der Waals surface area contributed by atoms with E-state index in [0.29, 0.717) is 31.6 Å². The lowest BCUT2D eigenvalue weighted by Gasteiger charge is -2.35. The molecule has 0 bridgehead atoms. The molecule has 3 heterocycles. The van der Waals surface area contributed by atoms with E-state index in [1.807, 2.05) is 55.8 Å². The van der Waals surface area contributed by atoms with Gasteiger partial charge in [0.15, 0.2) is 0 Å². The van der Waals surface area contributed by atoms with Crippen molar-refractivity contribution < 1.29 is 14.4 Å². The van der Waals surface area contributed by atoms with Crippen molar-refractivity contribution in [1.29, 1.82) is 0 Å². The minimum absolute atomic E-state index is 0.0737. The summed E-state index contributed by atoms with van der Waals surface area (Å²) >= 11 is 1.64. The highest BCUT2D eigenvalue weighted by atomic mass is 32.1. The van der Waals surface area contributed by atoms with Crippen LogP contribution < -0.4 is 5.32 Å². The number of benzene rings is 2. The van der Waals surface area contributed by atoms with Crippen molar-refractivity contribution in [1.82, 2.24) is 20.1 Å². The number of fused-ring (bicyclic) bond motifs is 1. The average molecular weight is 531 g/mol. The van der Waals surface area contributed by atoms with Crippen LogP contribution in [0.25, 0.3) is 10.4 Å². The van der Waals surface area contributed by atoms with Gasteiger partial charge in [0.2, 0.25) is 11.8 Å². The number of likely N-dealkylation sites (tertiary alicyclic amines) is 1. The van der Waals surface area contributed by atoms with Gasteiger partial charge in [-0.2, -0.15) is 0 Å². The molecule has 1 unspecified atom stereocenters. The summed E-state index contributed by atoms with van der Waals surface area (Å²) in [6, 6.07) is 14.6. The van der Waals surface area contributed by atoms with Gasteiger partial charge in [-0.3, -0.25) is 14.4 Å². The molecule has 1 aromatic heterocycles. The Morgan fingerprint density at radius 3 is 2.61 bits per heavy atom. The third kappa shape index (κ3) is 4.97. The number of aryl methyl sites for hydroxylation is 1. The Morgan fingerprint density at radius 2 is 1.89 bits per heavy atom. The van der Waals surface area contributed by atoms with Gasteiger partial charge in [-0.25, -0.2) is 4.98 Å². The first-order chi connectivity index (χ1) is 18.4. The molecular weight excluding hydrogens is 496 g/mol. The van der Waals surface area contributed by atoms with E-state index >= 15 is 0 Å². The van der Waals surface area contributed by atoms with E-state index in [1.165, 1.54) is 4.88 Å². The van der Waals surface area contributed by atoms with E-state index in [2.05, 4.69) is 29.4 Å². The zero-order chi connectivity index (χ0) is 26.8. The Labute approximate surface area is 227 Å². The van der Waals surface area contributed by atoms with E-state index < -0.39 is 12.1 Å². The van der Waals surface area contributed by atoms with Crippen LogP contribution in [0.2, 0.25) is 0 Å². The monoisotopic (exact) mass is 530 g/mol. The van der Waals surface area contributed by atoms with Gasteiger partial charge in [-0.05, 0) is 47.9 Å². The SMILES string of the molecule is CCc1ncsc1-c1ccc(CNC(=O)[C@@H]2CCCN2C(=O)C(C(C)C)N2Cc3ccccc3C2=O)cc1. The van der Waals surface area contributed by atoms with Gasteiger partial charge in [0.05, 0.1) is 16.1 Å². The van der Waals surface area contributed by atoms with Crippen LogP contribution >= 0.6 is 11.3 Å². The molecule has 2 aliphatic rings. The Morgan fingerprint density at radius 1 is 1.13 bits per heavy atom. The fourth-order valence-corrected chi connectivity index (χ4v) is 6.48. The predicted octanol–water partition coefficient (Wildman–Crippen LogP) is 4.66. The molecular formula is C30H34N4O3S. The Kier molecular flexibility index (Phi) is 7.61. The first kappa shape index (κ1) is 26.1. The number of amides is 3. The number of aromatic nitrogens is 1. The molecule has 2 aromatic carbocycles. The maximum absolute atomic E-state index is 13.8. The van der Waals surface area contributed by atoms with Gasteiger partial charge in [-0.15, -0.1) is 11.3 Å². The zero-order valence-corrected chi connectivity index (χ0v) is 23.0. The van der Waals surface area contributed by atoms with E-state index in [1.54, 1.807) is 21.1 Å². The van der Waals surface area contributed by atoms with Gasteiger partial charge in [0.25, 0.3) is 5.91 Å². The number of nitrogens with zero attached hydrogens (tertiary/aromatic N) is 3. The van der Waals surface area contributed by atoms with Gasteiger partial charge in [0, 0.05) is 25.2 Å². The molecule has 198 valence electrons. The molecule has 5 rings (SSSR count). The van der Waals surface area contributed by atoms with E-state index in [9.17, 15) is 14.4 Å². The van der Waals surface area contributed by atoms with Crippen LogP contribution in [0.3, 0.4) is 0 Å². The molecule has 1 N–H and O–H groups in total. The molecule has 3 aromatic rings. The molecule has 0 spiro atoms. The molecule has 38 heavy (non-hydrogen) atoms. The molecule has 2 atom stereocenters. The fraction of sp³-hybridized carbons (Fsp3) is 0.400. The number of carbonyl (C=O) groups is 3. The second-order valence-electron chi connectivity index (χ2n) is 10.4. The average Bonchev–Trinajstić information content (AvgIpc) is 3.67. The molecule has 3 amide bonds. The Balaban J connectivity index is 1.24.